The molecule has 9 nitrogen and oxygen atoms in total. The minimum Gasteiger partial charge on any atom is -0.497 e. The molecule has 0 atom stereocenters. The van der Waals surface area contributed by atoms with Crippen LogP contribution in [-0.2, 0) is 11.4 Å². The number of hydrogen-bond donors (Lipinski definition) is 2. The molecule has 35 heavy (non-hydrogen) atoms. The Balaban J connectivity index is 1.42. The molecular weight excluding hydrogens is 450 g/mol. The van der Waals surface area contributed by atoms with E-state index in [1.165, 1.54) is 26.5 Å². The van der Waals surface area contributed by atoms with Crippen LogP contribution in [0.2, 0.25) is 0 Å². The maximum Gasteiger partial charge on any atom is 0.259 e. The molecular formula is C26H27N3O6. The Labute approximate surface area is 203 Å². The van der Waals surface area contributed by atoms with E-state index >= 15 is 0 Å². The molecule has 0 saturated carbocycles. The largest absolute Gasteiger partial charge is 0.497 e. The molecule has 0 bridgehead atoms. The van der Waals surface area contributed by atoms with Crippen molar-refractivity contribution in [2.75, 3.05) is 27.9 Å². The van der Waals surface area contributed by atoms with Crippen LogP contribution in [0.25, 0.3) is 0 Å². The Morgan fingerprint density at radius 1 is 0.829 bits per heavy atom. The van der Waals surface area contributed by atoms with E-state index in [1.54, 1.807) is 19.2 Å². The lowest BCUT2D eigenvalue weighted by atomic mass is 10.2. The van der Waals surface area contributed by atoms with Gasteiger partial charge in [0.15, 0.2) is 11.5 Å². The summed E-state index contributed by atoms with van der Waals surface area (Å²) in [6, 6.07) is 19.7. The summed E-state index contributed by atoms with van der Waals surface area (Å²) in [4.78, 5) is 24.3. The maximum absolute atomic E-state index is 12.3. The molecule has 0 saturated heterocycles. The van der Waals surface area contributed by atoms with Crippen LogP contribution >= 0.6 is 0 Å². The highest BCUT2D eigenvalue weighted by Crippen LogP contribution is 2.27. The van der Waals surface area contributed by atoms with E-state index in [-0.39, 0.29) is 6.54 Å². The normalized spacial score (nSPS) is 10.5. The number of benzene rings is 3. The van der Waals surface area contributed by atoms with E-state index in [0.717, 1.165) is 16.9 Å². The quantitative estimate of drug-likeness (QED) is 0.325. The van der Waals surface area contributed by atoms with Crippen molar-refractivity contribution in [2.24, 2.45) is 5.10 Å². The number of methoxy groups -OCH3 is 3. The fourth-order valence-corrected chi connectivity index (χ4v) is 3.00. The number of hydrazone groups is 1. The second-order valence-corrected chi connectivity index (χ2v) is 7.25. The van der Waals surface area contributed by atoms with Crippen molar-refractivity contribution in [3.05, 3.63) is 83.4 Å². The molecule has 182 valence electrons. The molecule has 0 radical (unpaired) electrons. The standard InChI is InChI=1S/C26H27N3O6/c1-32-21-9-6-19(7-10-21)17-35-22-11-4-18(5-12-22)15-28-29-25(30)16-27-26(31)20-8-13-23(33-2)24(14-20)34-3/h4-15H,16-17H2,1-3H3,(H,27,31)(H,29,30)/b28-15+. The van der Waals surface area contributed by atoms with Crippen molar-refractivity contribution in [1.29, 1.82) is 0 Å². The number of nitrogens with one attached hydrogen (secondary N) is 2. The first kappa shape index (κ1) is 25.1. The Kier molecular flexibility index (Phi) is 9.07. The number of ether oxygens (including phenoxy) is 4. The van der Waals surface area contributed by atoms with Gasteiger partial charge >= 0.3 is 0 Å². The molecule has 0 aliphatic heterocycles. The first-order valence-electron chi connectivity index (χ1n) is 10.7. The maximum atomic E-state index is 12.3. The fraction of sp³-hybridized carbons (Fsp3) is 0.192. The minimum absolute atomic E-state index is 0.233. The highest BCUT2D eigenvalue weighted by molar-refractivity contribution is 5.97. The molecule has 3 aromatic rings. The second kappa shape index (κ2) is 12.6. The SMILES string of the molecule is COc1ccc(COc2ccc(/C=N/NC(=O)CNC(=O)c3ccc(OC)c(OC)c3)cc2)cc1. The lowest BCUT2D eigenvalue weighted by Crippen LogP contribution is -2.34. The van der Waals surface area contributed by atoms with E-state index in [9.17, 15) is 9.59 Å². The number of carbonyl (C=O) groups is 2. The summed E-state index contributed by atoms with van der Waals surface area (Å²) in [5.74, 6) is 1.55. The van der Waals surface area contributed by atoms with Crippen molar-refractivity contribution in [3.63, 3.8) is 0 Å². The monoisotopic (exact) mass is 477 g/mol. The van der Waals surface area contributed by atoms with Gasteiger partial charge in [-0.25, -0.2) is 5.43 Å². The minimum atomic E-state index is -0.463. The van der Waals surface area contributed by atoms with Crippen LogP contribution in [0.5, 0.6) is 23.0 Å². The van der Waals surface area contributed by atoms with Crippen LogP contribution < -0.4 is 29.7 Å². The Hall–Kier alpha value is -4.53. The summed E-state index contributed by atoms with van der Waals surface area (Å²) in [7, 11) is 4.62. The van der Waals surface area contributed by atoms with Crippen LogP contribution in [0.15, 0.2) is 71.8 Å². The lowest BCUT2D eigenvalue weighted by Gasteiger charge is -2.09. The highest BCUT2D eigenvalue weighted by atomic mass is 16.5. The van der Waals surface area contributed by atoms with Crippen LogP contribution in [0.1, 0.15) is 21.5 Å². The van der Waals surface area contributed by atoms with Gasteiger partial charge in [0.25, 0.3) is 11.8 Å². The smallest absolute Gasteiger partial charge is 0.259 e. The summed E-state index contributed by atoms with van der Waals surface area (Å²) in [5, 5.41) is 6.45. The summed E-state index contributed by atoms with van der Waals surface area (Å²) in [5.41, 5.74) is 4.52. The summed E-state index contributed by atoms with van der Waals surface area (Å²) in [6.45, 7) is 0.200. The number of amides is 2. The van der Waals surface area contributed by atoms with Gasteiger partial charge in [-0.3, -0.25) is 9.59 Å². The fourth-order valence-electron chi connectivity index (χ4n) is 3.00. The summed E-state index contributed by atoms with van der Waals surface area (Å²) < 4.78 is 21.2. The highest BCUT2D eigenvalue weighted by Gasteiger charge is 2.11. The number of nitrogens with zero attached hydrogens (tertiary/aromatic N) is 1. The molecule has 0 heterocycles. The number of rotatable bonds is 11. The Morgan fingerprint density at radius 3 is 2.17 bits per heavy atom. The van der Waals surface area contributed by atoms with E-state index in [4.69, 9.17) is 18.9 Å². The van der Waals surface area contributed by atoms with Gasteiger partial charge in [0.2, 0.25) is 0 Å². The second-order valence-electron chi connectivity index (χ2n) is 7.25. The van der Waals surface area contributed by atoms with Gasteiger partial charge in [0.1, 0.15) is 18.1 Å². The number of hydrogen-bond acceptors (Lipinski definition) is 7. The summed E-state index contributed by atoms with van der Waals surface area (Å²) >= 11 is 0. The van der Waals surface area contributed by atoms with Crippen LogP contribution in [0.4, 0.5) is 0 Å². The van der Waals surface area contributed by atoms with E-state index in [1.807, 2.05) is 48.5 Å². The Bertz CT molecular complexity index is 1160. The Morgan fingerprint density at radius 2 is 1.51 bits per heavy atom. The van der Waals surface area contributed by atoms with E-state index in [0.29, 0.717) is 29.4 Å². The first-order valence-corrected chi connectivity index (χ1v) is 10.7. The van der Waals surface area contributed by atoms with Crippen LogP contribution in [0, 0.1) is 0 Å². The molecule has 0 fully saturated rings. The van der Waals surface area contributed by atoms with Gasteiger partial charge in [-0.05, 0) is 65.7 Å². The van der Waals surface area contributed by atoms with Gasteiger partial charge in [0, 0.05) is 5.56 Å². The average molecular weight is 478 g/mol. The zero-order valence-electron chi connectivity index (χ0n) is 19.7. The first-order chi connectivity index (χ1) is 17.0. The van der Waals surface area contributed by atoms with Crippen molar-refractivity contribution < 1.29 is 28.5 Å². The van der Waals surface area contributed by atoms with Crippen molar-refractivity contribution in [2.45, 2.75) is 6.61 Å². The molecule has 0 unspecified atom stereocenters. The molecule has 0 aromatic heterocycles. The molecule has 2 N–H and O–H groups in total. The average Bonchev–Trinajstić information content (AvgIpc) is 2.91. The van der Waals surface area contributed by atoms with E-state index in [2.05, 4.69) is 15.8 Å². The number of carbonyl (C=O) groups excluding carboxylic acids is 2. The zero-order chi connectivity index (χ0) is 25.0. The molecule has 9 heteroatoms. The molecule has 3 rings (SSSR count). The molecule has 0 aliphatic rings. The molecule has 0 spiro atoms. The zero-order valence-corrected chi connectivity index (χ0v) is 19.7. The topological polar surface area (TPSA) is 107 Å². The predicted octanol–water partition coefficient (Wildman–Crippen LogP) is 3.17. The molecule has 2 amide bonds. The molecule has 0 aliphatic carbocycles. The van der Waals surface area contributed by atoms with E-state index < -0.39 is 11.8 Å². The van der Waals surface area contributed by atoms with Crippen LogP contribution in [0.3, 0.4) is 0 Å². The lowest BCUT2D eigenvalue weighted by molar-refractivity contribution is -0.120. The van der Waals surface area contributed by atoms with Gasteiger partial charge in [-0.15, -0.1) is 0 Å². The third kappa shape index (κ3) is 7.50. The van der Waals surface area contributed by atoms with Crippen LogP contribution in [-0.4, -0.2) is 45.9 Å². The molecule has 3 aromatic carbocycles. The van der Waals surface area contributed by atoms with Crippen molar-refractivity contribution >= 4 is 18.0 Å². The van der Waals surface area contributed by atoms with Gasteiger partial charge < -0.3 is 24.3 Å². The predicted molar refractivity (Wildman–Crippen MR) is 131 cm³/mol. The van der Waals surface area contributed by atoms with Crippen molar-refractivity contribution in [1.82, 2.24) is 10.7 Å². The van der Waals surface area contributed by atoms with Gasteiger partial charge in [-0.1, -0.05) is 12.1 Å². The third-order valence-electron chi connectivity index (χ3n) is 4.90. The summed E-state index contributed by atoms with van der Waals surface area (Å²) in [6.07, 6.45) is 1.50. The van der Waals surface area contributed by atoms with Gasteiger partial charge in [-0.2, -0.15) is 5.10 Å². The van der Waals surface area contributed by atoms with Crippen molar-refractivity contribution in [3.8, 4) is 23.0 Å². The van der Waals surface area contributed by atoms with Gasteiger partial charge in [0.05, 0.1) is 34.1 Å². The third-order valence-corrected chi connectivity index (χ3v) is 4.90.